The van der Waals surface area contributed by atoms with E-state index in [1.807, 2.05) is 29.1 Å². The van der Waals surface area contributed by atoms with Crippen LogP contribution < -0.4 is 10.2 Å². The molecule has 0 saturated carbocycles. The number of piperidine rings is 1. The predicted octanol–water partition coefficient (Wildman–Crippen LogP) is 4.36. The Kier molecular flexibility index (Phi) is 5.10. The van der Waals surface area contributed by atoms with E-state index >= 15 is 0 Å². The fourth-order valence-corrected chi connectivity index (χ4v) is 3.84. The van der Waals surface area contributed by atoms with E-state index in [1.165, 1.54) is 30.5 Å². The maximum absolute atomic E-state index is 12.4. The van der Waals surface area contributed by atoms with Gasteiger partial charge in [0.2, 0.25) is 5.91 Å². The number of hydrogen-bond donors (Lipinski definition) is 1. The van der Waals surface area contributed by atoms with E-state index in [-0.39, 0.29) is 5.91 Å². The molecular formula is C22H26N4O. The number of carbonyl (C=O) groups is 1. The van der Waals surface area contributed by atoms with Gasteiger partial charge in [-0.3, -0.25) is 9.48 Å². The van der Waals surface area contributed by atoms with Crippen LogP contribution in [0.4, 0.5) is 11.4 Å². The van der Waals surface area contributed by atoms with Crippen molar-refractivity contribution in [3.63, 3.8) is 0 Å². The molecular weight excluding hydrogens is 336 g/mol. The number of rotatable bonds is 5. The molecule has 27 heavy (non-hydrogen) atoms. The number of amides is 1. The van der Waals surface area contributed by atoms with Crippen molar-refractivity contribution in [2.45, 2.75) is 39.2 Å². The number of aromatic nitrogens is 2. The second-order valence-corrected chi connectivity index (χ2v) is 7.27. The number of benzene rings is 2. The SMILES string of the molecule is Cc1cccc2cnn(CCC(=O)Nc3ccc(N4CCCCC4)cc3)c12. The number of nitrogens with zero attached hydrogens (tertiary/aromatic N) is 3. The molecule has 1 aromatic heterocycles. The Hall–Kier alpha value is -2.82. The van der Waals surface area contributed by atoms with Gasteiger partial charge in [-0.05, 0) is 56.0 Å². The molecule has 0 spiro atoms. The molecule has 0 bridgehead atoms. The molecule has 0 radical (unpaired) electrons. The lowest BCUT2D eigenvalue weighted by molar-refractivity contribution is -0.116. The molecule has 0 unspecified atom stereocenters. The highest BCUT2D eigenvalue weighted by molar-refractivity contribution is 5.91. The van der Waals surface area contributed by atoms with E-state index in [9.17, 15) is 4.79 Å². The van der Waals surface area contributed by atoms with Crippen LogP contribution in [0.15, 0.2) is 48.7 Å². The monoisotopic (exact) mass is 362 g/mol. The summed E-state index contributed by atoms with van der Waals surface area (Å²) in [6.45, 7) is 4.91. The molecule has 2 aromatic carbocycles. The largest absolute Gasteiger partial charge is 0.372 e. The average Bonchev–Trinajstić information content (AvgIpc) is 3.12. The van der Waals surface area contributed by atoms with Gasteiger partial charge in [-0.1, -0.05) is 18.2 Å². The molecule has 140 valence electrons. The topological polar surface area (TPSA) is 50.2 Å². The summed E-state index contributed by atoms with van der Waals surface area (Å²) >= 11 is 0. The third kappa shape index (κ3) is 3.97. The van der Waals surface area contributed by atoms with Crippen LogP contribution in [0.3, 0.4) is 0 Å². The van der Waals surface area contributed by atoms with Gasteiger partial charge in [0, 0.05) is 36.3 Å². The third-order valence-electron chi connectivity index (χ3n) is 5.29. The van der Waals surface area contributed by atoms with Gasteiger partial charge in [-0.25, -0.2) is 0 Å². The highest BCUT2D eigenvalue weighted by Gasteiger charge is 2.11. The van der Waals surface area contributed by atoms with E-state index < -0.39 is 0 Å². The molecule has 1 aliphatic rings. The highest BCUT2D eigenvalue weighted by Crippen LogP contribution is 2.22. The summed E-state index contributed by atoms with van der Waals surface area (Å²) in [4.78, 5) is 14.8. The minimum absolute atomic E-state index is 0.0120. The molecule has 1 fully saturated rings. The summed E-state index contributed by atoms with van der Waals surface area (Å²) in [5.74, 6) is 0.0120. The zero-order valence-corrected chi connectivity index (χ0v) is 15.8. The second kappa shape index (κ2) is 7.82. The lowest BCUT2D eigenvalue weighted by atomic mass is 10.1. The van der Waals surface area contributed by atoms with Gasteiger partial charge in [0.1, 0.15) is 0 Å². The molecule has 0 aliphatic carbocycles. The first-order valence-corrected chi connectivity index (χ1v) is 9.77. The van der Waals surface area contributed by atoms with Gasteiger partial charge in [0.25, 0.3) is 0 Å². The number of anilines is 2. The maximum atomic E-state index is 12.4. The van der Waals surface area contributed by atoms with E-state index in [0.29, 0.717) is 13.0 Å². The zero-order valence-electron chi connectivity index (χ0n) is 15.8. The first-order chi connectivity index (χ1) is 13.2. The van der Waals surface area contributed by atoms with Crippen molar-refractivity contribution in [2.75, 3.05) is 23.3 Å². The summed E-state index contributed by atoms with van der Waals surface area (Å²) < 4.78 is 1.92. The summed E-state index contributed by atoms with van der Waals surface area (Å²) in [5.41, 5.74) is 4.38. The summed E-state index contributed by atoms with van der Waals surface area (Å²) in [5, 5.41) is 8.54. The number of nitrogens with one attached hydrogen (secondary N) is 1. The Morgan fingerprint density at radius 3 is 2.63 bits per heavy atom. The van der Waals surface area contributed by atoms with Gasteiger partial charge in [0.05, 0.1) is 18.3 Å². The number of fused-ring (bicyclic) bond motifs is 1. The van der Waals surface area contributed by atoms with Crippen LogP contribution in [0.1, 0.15) is 31.2 Å². The van der Waals surface area contributed by atoms with Crippen molar-refractivity contribution in [3.05, 3.63) is 54.2 Å². The standard InChI is InChI=1S/C22H26N4O/c1-17-6-5-7-18-16-23-26(22(17)18)15-12-21(27)24-19-8-10-20(11-9-19)25-13-3-2-4-14-25/h5-11,16H,2-4,12-15H2,1H3,(H,24,27). The quantitative estimate of drug-likeness (QED) is 0.733. The molecule has 1 saturated heterocycles. The molecule has 1 amide bonds. The van der Waals surface area contributed by atoms with E-state index in [2.05, 4.69) is 46.5 Å². The van der Waals surface area contributed by atoms with E-state index in [1.54, 1.807) is 0 Å². The predicted molar refractivity (Wildman–Crippen MR) is 110 cm³/mol. The van der Waals surface area contributed by atoms with Crippen molar-refractivity contribution >= 4 is 28.2 Å². The Bertz CT molecular complexity index is 923. The molecule has 4 rings (SSSR count). The van der Waals surface area contributed by atoms with E-state index in [0.717, 1.165) is 29.7 Å². The molecule has 0 atom stereocenters. The van der Waals surface area contributed by atoms with E-state index in [4.69, 9.17) is 0 Å². The molecule has 2 heterocycles. The second-order valence-electron chi connectivity index (χ2n) is 7.27. The molecule has 3 aromatic rings. The van der Waals surface area contributed by atoms with Gasteiger partial charge in [-0.15, -0.1) is 0 Å². The normalized spacial score (nSPS) is 14.5. The fourth-order valence-electron chi connectivity index (χ4n) is 3.84. The molecule has 5 nitrogen and oxygen atoms in total. The Morgan fingerprint density at radius 2 is 1.85 bits per heavy atom. The van der Waals surface area contributed by atoms with Crippen LogP contribution in [0.2, 0.25) is 0 Å². The van der Waals surface area contributed by atoms with Crippen LogP contribution >= 0.6 is 0 Å². The van der Waals surface area contributed by atoms with Crippen LogP contribution in [-0.4, -0.2) is 28.8 Å². The van der Waals surface area contributed by atoms with Crippen LogP contribution in [0.5, 0.6) is 0 Å². The first kappa shape index (κ1) is 17.6. The highest BCUT2D eigenvalue weighted by atomic mass is 16.1. The van der Waals surface area contributed by atoms with Crippen molar-refractivity contribution in [3.8, 4) is 0 Å². The molecule has 1 aliphatic heterocycles. The first-order valence-electron chi connectivity index (χ1n) is 9.77. The van der Waals surface area contributed by atoms with Gasteiger partial charge in [-0.2, -0.15) is 5.10 Å². The minimum atomic E-state index is 0.0120. The van der Waals surface area contributed by atoms with Gasteiger partial charge < -0.3 is 10.2 Å². The summed E-state index contributed by atoms with van der Waals surface area (Å²) in [7, 11) is 0. The lowest BCUT2D eigenvalue weighted by Crippen LogP contribution is -2.29. The number of carbonyl (C=O) groups excluding carboxylic acids is 1. The number of hydrogen-bond acceptors (Lipinski definition) is 3. The Labute approximate surface area is 160 Å². The van der Waals surface area contributed by atoms with Crippen molar-refractivity contribution < 1.29 is 4.79 Å². The van der Waals surface area contributed by atoms with Crippen molar-refractivity contribution in [1.82, 2.24) is 9.78 Å². The van der Waals surface area contributed by atoms with Crippen molar-refractivity contribution in [2.24, 2.45) is 0 Å². The summed E-state index contributed by atoms with van der Waals surface area (Å²) in [6.07, 6.45) is 6.12. The van der Waals surface area contributed by atoms with Crippen LogP contribution in [-0.2, 0) is 11.3 Å². The zero-order chi connectivity index (χ0) is 18.6. The lowest BCUT2D eigenvalue weighted by Gasteiger charge is -2.28. The number of aryl methyl sites for hydroxylation is 2. The van der Waals surface area contributed by atoms with Gasteiger partial charge >= 0.3 is 0 Å². The number of para-hydroxylation sites is 1. The van der Waals surface area contributed by atoms with Crippen molar-refractivity contribution in [1.29, 1.82) is 0 Å². The average molecular weight is 362 g/mol. The third-order valence-corrected chi connectivity index (χ3v) is 5.29. The fraction of sp³-hybridized carbons (Fsp3) is 0.364. The van der Waals surface area contributed by atoms with Crippen LogP contribution in [0, 0.1) is 6.92 Å². The molecule has 1 N–H and O–H groups in total. The maximum Gasteiger partial charge on any atom is 0.226 e. The Morgan fingerprint density at radius 1 is 1.07 bits per heavy atom. The minimum Gasteiger partial charge on any atom is -0.372 e. The smallest absolute Gasteiger partial charge is 0.226 e. The molecule has 5 heteroatoms. The summed E-state index contributed by atoms with van der Waals surface area (Å²) in [6, 6.07) is 14.4. The van der Waals surface area contributed by atoms with Crippen LogP contribution in [0.25, 0.3) is 10.9 Å². The van der Waals surface area contributed by atoms with Gasteiger partial charge in [0.15, 0.2) is 0 Å². The Balaban J connectivity index is 1.35.